The van der Waals surface area contributed by atoms with E-state index in [2.05, 4.69) is 25.1 Å². The molecule has 2 aliphatic rings. The quantitative estimate of drug-likeness (QED) is 0.169. The minimum absolute atomic E-state index is 0.143. The van der Waals surface area contributed by atoms with Crippen LogP contribution in [-0.2, 0) is 9.47 Å². The van der Waals surface area contributed by atoms with Crippen LogP contribution in [0.5, 0.6) is 11.5 Å². The van der Waals surface area contributed by atoms with Gasteiger partial charge in [0.15, 0.2) is 0 Å². The molecular weight excluding hydrogens is 442 g/mol. The van der Waals surface area contributed by atoms with Crippen molar-refractivity contribution < 1.29 is 23.7 Å². The first-order valence-electron chi connectivity index (χ1n) is 11.9. The zero-order valence-electron chi connectivity index (χ0n) is 19.7. The Kier molecular flexibility index (Phi) is 6.80. The highest BCUT2D eigenvalue weighted by Crippen LogP contribution is 2.46. The van der Waals surface area contributed by atoms with Gasteiger partial charge < -0.3 is 18.9 Å². The van der Waals surface area contributed by atoms with Gasteiger partial charge in [-0.2, -0.15) is 5.26 Å². The van der Waals surface area contributed by atoms with E-state index < -0.39 is 5.97 Å². The molecule has 6 heteroatoms. The molecule has 0 aromatic heterocycles. The van der Waals surface area contributed by atoms with E-state index in [9.17, 15) is 4.79 Å². The number of nitrogens with zero attached hydrogens (tertiary/aromatic N) is 1. The number of unbranched alkanes of at least 4 members (excludes halogenated alkanes) is 1. The SMILES string of the molecule is CC1c2cc(OCCCCOCC3CO3)ccc2-c2ccc(C(=O)Oc3ccc(C#N)cc3)cc21. The smallest absolute Gasteiger partial charge is 0.343 e. The summed E-state index contributed by atoms with van der Waals surface area (Å²) >= 11 is 0. The third kappa shape index (κ3) is 5.37. The lowest BCUT2D eigenvalue weighted by atomic mass is 9.98. The summed E-state index contributed by atoms with van der Waals surface area (Å²) in [5, 5.41) is 8.92. The van der Waals surface area contributed by atoms with E-state index >= 15 is 0 Å². The number of nitriles is 1. The first kappa shape index (κ1) is 23.1. The molecule has 1 fully saturated rings. The molecule has 178 valence electrons. The Balaban J connectivity index is 1.19. The van der Waals surface area contributed by atoms with E-state index in [1.165, 1.54) is 11.1 Å². The molecule has 3 aromatic rings. The summed E-state index contributed by atoms with van der Waals surface area (Å²) in [6, 6.07) is 20.5. The van der Waals surface area contributed by atoms with Crippen LogP contribution in [0.3, 0.4) is 0 Å². The predicted octanol–water partition coefficient (Wildman–Crippen LogP) is 5.48. The number of ether oxygens (including phenoxy) is 4. The minimum atomic E-state index is -0.418. The van der Waals surface area contributed by atoms with E-state index in [0.717, 1.165) is 42.9 Å². The zero-order valence-corrected chi connectivity index (χ0v) is 19.7. The summed E-state index contributed by atoms with van der Waals surface area (Å²) in [5.74, 6) is 0.995. The molecule has 1 heterocycles. The van der Waals surface area contributed by atoms with Crippen molar-refractivity contribution in [3.05, 3.63) is 82.9 Å². The van der Waals surface area contributed by atoms with Crippen LogP contribution in [0, 0.1) is 11.3 Å². The summed E-state index contributed by atoms with van der Waals surface area (Å²) in [5.41, 5.74) is 5.62. The van der Waals surface area contributed by atoms with Gasteiger partial charge in [-0.05, 0) is 83.6 Å². The van der Waals surface area contributed by atoms with Crippen LogP contribution in [0.15, 0.2) is 60.7 Å². The normalized spacial score (nSPS) is 17.3. The van der Waals surface area contributed by atoms with E-state index in [1.54, 1.807) is 30.3 Å². The maximum Gasteiger partial charge on any atom is 0.343 e. The molecular formula is C29H27NO5. The molecule has 2 unspecified atom stereocenters. The van der Waals surface area contributed by atoms with Gasteiger partial charge in [0, 0.05) is 12.5 Å². The number of esters is 1. The lowest BCUT2D eigenvalue weighted by Crippen LogP contribution is -2.09. The van der Waals surface area contributed by atoms with Crippen LogP contribution in [0.25, 0.3) is 11.1 Å². The van der Waals surface area contributed by atoms with Gasteiger partial charge in [0.25, 0.3) is 0 Å². The third-order valence-corrected chi connectivity index (χ3v) is 6.39. The van der Waals surface area contributed by atoms with Crippen LogP contribution in [-0.4, -0.2) is 38.5 Å². The summed E-state index contributed by atoms with van der Waals surface area (Å²) in [7, 11) is 0. The van der Waals surface area contributed by atoms with Gasteiger partial charge >= 0.3 is 5.97 Å². The standard InChI is InChI=1S/C29H27NO5/c1-19-27-14-21(29(31)35-22-7-4-20(16-30)5-8-22)6-10-25(27)26-11-9-23(15-28(19)26)33-13-3-2-12-32-17-24-18-34-24/h4-11,14-15,19,24H,2-3,12-13,17-18H2,1H3. The molecule has 0 spiro atoms. The zero-order chi connectivity index (χ0) is 24.2. The molecule has 0 bridgehead atoms. The number of benzene rings is 3. The van der Waals surface area contributed by atoms with Crippen LogP contribution in [0.2, 0.25) is 0 Å². The van der Waals surface area contributed by atoms with Crippen molar-refractivity contribution in [1.29, 1.82) is 5.26 Å². The predicted molar refractivity (Wildman–Crippen MR) is 131 cm³/mol. The van der Waals surface area contributed by atoms with Crippen molar-refractivity contribution in [3.63, 3.8) is 0 Å². The van der Waals surface area contributed by atoms with Gasteiger partial charge in [0.05, 0.1) is 37.0 Å². The van der Waals surface area contributed by atoms with Crippen molar-refractivity contribution in [1.82, 2.24) is 0 Å². The van der Waals surface area contributed by atoms with Gasteiger partial charge in [-0.25, -0.2) is 4.79 Å². The van der Waals surface area contributed by atoms with Gasteiger partial charge in [0.2, 0.25) is 0 Å². The number of rotatable bonds is 10. The Hall–Kier alpha value is -3.66. The molecule has 0 N–H and O–H groups in total. The average Bonchev–Trinajstić information content (AvgIpc) is 3.68. The molecule has 2 atom stereocenters. The Bertz CT molecular complexity index is 1260. The molecule has 1 saturated heterocycles. The molecule has 1 aliphatic carbocycles. The molecule has 1 aliphatic heterocycles. The fraction of sp³-hybridized carbons (Fsp3) is 0.310. The number of carbonyl (C=O) groups excluding carboxylic acids is 1. The highest BCUT2D eigenvalue weighted by Gasteiger charge is 2.27. The lowest BCUT2D eigenvalue weighted by Gasteiger charge is -2.11. The highest BCUT2D eigenvalue weighted by atomic mass is 16.6. The van der Waals surface area contributed by atoms with Gasteiger partial charge in [-0.15, -0.1) is 0 Å². The van der Waals surface area contributed by atoms with Crippen LogP contribution >= 0.6 is 0 Å². The molecule has 35 heavy (non-hydrogen) atoms. The molecule has 6 nitrogen and oxygen atoms in total. The summed E-state index contributed by atoms with van der Waals surface area (Å²) < 4.78 is 22.2. The maximum atomic E-state index is 12.7. The topological polar surface area (TPSA) is 81.1 Å². The van der Waals surface area contributed by atoms with Gasteiger partial charge in [-0.1, -0.05) is 19.1 Å². The van der Waals surface area contributed by atoms with Crippen LogP contribution in [0.4, 0.5) is 0 Å². The van der Waals surface area contributed by atoms with Gasteiger partial charge in [0.1, 0.15) is 17.6 Å². The third-order valence-electron chi connectivity index (χ3n) is 6.39. The number of fused-ring (bicyclic) bond motifs is 3. The number of hydrogen-bond acceptors (Lipinski definition) is 6. The average molecular weight is 470 g/mol. The number of carbonyl (C=O) groups is 1. The molecule has 0 amide bonds. The van der Waals surface area contributed by atoms with Crippen LogP contribution < -0.4 is 9.47 Å². The van der Waals surface area contributed by atoms with E-state index in [-0.39, 0.29) is 5.92 Å². The second-order valence-electron chi connectivity index (χ2n) is 8.88. The van der Waals surface area contributed by atoms with E-state index in [1.807, 2.05) is 18.2 Å². The van der Waals surface area contributed by atoms with E-state index in [0.29, 0.717) is 36.2 Å². The number of epoxide rings is 1. The molecule has 0 saturated carbocycles. The summed E-state index contributed by atoms with van der Waals surface area (Å²) in [6.45, 7) is 5.04. The number of hydrogen-bond donors (Lipinski definition) is 0. The monoisotopic (exact) mass is 469 g/mol. The molecule has 3 aromatic carbocycles. The van der Waals surface area contributed by atoms with Crippen molar-refractivity contribution in [2.75, 3.05) is 26.4 Å². The van der Waals surface area contributed by atoms with Crippen molar-refractivity contribution in [3.8, 4) is 28.7 Å². The van der Waals surface area contributed by atoms with Crippen molar-refractivity contribution >= 4 is 5.97 Å². The Morgan fingerprint density at radius 1 is 0.971 bits per heavy atom. The first-order valence-corrected chi connectivity index (χ1v) is 11.9. The van der Waals surface area contributed by atoms with Gasteiger partial charge in [-0.3, -0.25) is 0 Å². The van der Waals surface area contributed by atoms with Crippen LogP contribution in [0.1, 0.15) is 52.7 Å². The second-order valence-corrected chi connectivity index (χ2v) is 8.88. The lowest BCUT2D eigenvalue weighted by molar-refractivity contribution is 0.0734. The summed E-state index contributed by atoms with van der Waals surface area (Å²) in [6.07, 6.45) is 2.21. The molecule has 0 radical (unpaired) electrons. The Morgan fingerprint density at radius 2 is 1.66 bits per heavy atom. The highest BCUT2D eigenvalue weighted by molar-refractivity contribution is 5.93. The second kappa shape index (κ2) is 10.3. The van der Waals surface area contributed by atoms with Crippen molar-refractivity contribution in [2.24, 2.45) is 0 Å². The largest absolute Gasteiger partial charge is 0.494 e. The minimum Gasteiger partial charge on any atom is -0.494 e. The fourth-order valence-corrected chi connectivity index (χ4v) is 4.33. The Labute approximate surface area is 205 Å². The summed E-state index contributed by atoms with van der Waals surface area (Å²) in [4.78, 5) is 12.7. The van der Waals surface area contributed by atoms with E-state index in [4.69, 9.17) is 24.2 Å². The molecule has 5 rings (SSSR count). The maximum absolute atomic E-state index is 12.7. The Morgan fingerprint density at radius 3 is 2.40 bits per heavy atom. The fourth-order valence-electron chi connectivity index (χ4n) is 4.33. The first-order chi connectivity index (χ1) is 17.1. The van der Waals surface area contributed by atoms with Crippen molar-refractivity contribution in [2.45, 2.75) is 31.8 Å².